The Morgan fingerprint density at radius 2 is 1.50 bits per heavy atom. The van der Waals surface area contributed by atoms with Crippen molar-refractivity contribution in [3.8, 4) is 0 Å². The van der Waals surface area contributed by atoms with Crippen LogP contribution < -0.4 is 0 Å². The number of alkyl halides is 4. The molecule has 0 aliphatic rings. The fourth-order valence-corrected chi connectivity index (χ4v) is 0.708. The molecule has 0 atom stereocenters. The second kappa shape index (κ2) is 4.59. The number of hydrogen-bond donors (Lipinski definition) is 0. The van der Waals surface area contributed by atoms with Gasteiger partial charge in [-0.05, 0) is 20.8 Å². The summed E-state index contributed by atoms with van der Waals surface area (Å²) >= 11 is 0. The van der Waals surface area contributed by atoms with E-state index in [1.165, 1.54) is 0 Å². The van der Waals surface area contributed by atoms with Crippen molar-refractivity contribution in [1.29, 1.82) is 0 Å². The molecule has 0 saturated carbocycles. The molecular weight excluding hydrogens is 228 g/mol. The Morgan fingerprint density at radius 1 is 1.06 bits per heavy atom. The smallest absolute Gasteiger partial charge is 0.313 e. The summed E-state index contributed by atoms with van der Waals surface area (Å²) in [5.74, 6) is -8.96. The van der Waals surface area contributed by atoms with Crippen molar-refractivity contribution in [1.82, 2.24) is 0 Å². The highest BCUT2D eigenvalue weighted by Crippen LogP contribution is 2.36. The Hall–Kier alpha value is -0.810. The fraction of sp³-hybridized carbons (Fsp3) is 0.900. The summed E-state index contributed by atoms with van der Waals surface area (Å²) in [6, 6.07) is 0. The van der Waals surface area contributed by atoms with Gasteiger partial charge in [0.05, 0.1) is 18.4 Å². The molecule has 0 saturated heterocycles. The van der Waals surface area contributed by atoms with E-state index < -0.39 is 36.3 Å². The van der Waals surface area contributed by atoms with Crippen molar-refractivity contribution in [3.05, 3.63) is 0 Å². The van der Waals surface area contributed by atoms with Crippen molar-refractivity contribution in [2.75, 3.05) is 6.61 Å². The van der Waals surface area contributed by atoms with Crippen LogP contribution in [-0.2, 0) is 9.53 Å². The van der Waals surface area contributed by atoms with Gasteiger partial charge in [0.25, 0.3) is 0 Å². The number of rotatable bonds is 4. The standard InChI is InChI=1S/C10H16F4O2/c1-8(2,3)7(15)16-6-5-10(13,14)9(4,11)12/h5-6H2,1-4H3. The molecule has 0 aromatic heterocycles. The lowest BCUT2D eigenvalue weighted by molar-refractivity contribution is -0.207. The Bertz CT molecular complexity index is 251. The second-order valence-electron chi connectivity index (χ2n) is 4.73. The zero-order valence-electron chi connectivity index (χ0n) is 9.74. The summed E-state index contributed by atoms with van der Waals surface area (Å²) < 4.78 is 54.7. The van der Waals surface area contributed by atoms with Gasteiger partial charge >= 0.3 is 17.8 Å². The van der Waals surface area contributed by atoms with E-state index in [-0.39, 0.29) is 6.92 Å². The maximum Gasteiger partial charge on any atom is 0.313 e. The van der Waals surface area contributed by atoms with Crippen LogP contribution in [0.4, 0.5) is 17.6 Å². The molecule has 0 aliphatic carbocycles. The Morgan fingerprint density at radius 3 is 1.81 bits per heavy atom. The topological polar surface area (TPSA) is 26.3 Å². The molecule has 0 fully saturated rings. The highest BCUT2D eigenvalue weighted by atomic mass is 19.3. The van der Waals surface area contributed by atoms with Crippen LogP contribution in [0.1, 0.15) is 34.1 Å². The molecule has 0 heterocycles. The van der Waals surface area contributed by atoms with Crippen molar-refractivity contribution in [2.24, 2.45) is 5.41 Å². The van der Waals surface area contributed by atoms with Gasteiger partial charge in [0.15, 0.2) is 0 Å². The fourth-order valence-electron chi connectivity index (χ4n) is 0.708. The van der Waals surface area contributed by atoms with Gasteiger partial charge in [-0.3, -0.25) is 4.79 Å². The van der Waals surface area contributed by atoms with Gasteiger partial charge in [0, 0.05) is 6.92 Å². The molecule has 2 nitrogen and oxygen atoms in total. The quantitative estimate of drug-likeness (QED) is 0.560. The molecule has 0 amide bonds. The van der Waals surface area contributed by atoms with E-state index >= 15 is 0 Å². The van der Waals surface area contributed by atoms with Crippen molar-refractivity contribution in [3.63, 3.8) is 0 Å². The SMILES string of the molecule is CC(C)(C)C(=O)OCCC(F)(F)C(C)(F)F. The third-order valence-corrected chi connectivity index (χ3v) is 1.90. The molecule has 0 N–H and O–H groups in total. The highest BCUT2D eigenvalue weighted by Gasteiger charge is 2.51. The van der Waals surface area contributed by atoms with Crippen LogP contribution in [0.2, 0.25) is 0 Å². The largest absolute Gasteiger partial charge is 0.465 e. The maximum atomic E-state index is 12.7. The summed E-state index contributed by atoms with van der Waals surface area (Å²) in [5, 5.41) is 0. The van der Waals surface area contributed by atoms with E-state index in [1.54, 1.807) is 20.8 Å². The monoisotopic (exact) mass is 244 g/mol. The van der Waals surface area contributed by atoms with Crippen LogP contribution >= 0.6 is 0 Å². The van der Waals surface area contributed by atoms with E-state index in [4.69, 9.17) is 0 Å². The van der Waals surface area contributed by atoms with Gasteiger partial charge in [-0.1, -0.05) is 0 Å². The molecule has 0 aliphatic heterocycles. The lowest BCUT2D eigenvalue weighted by Gasteiger charge is -2.23. The van der Waals surface area contributed by atoms with E-state index in [1.807, 2.05) is 0 Å². The van der Waals surface area contributed by atoms with Crippen LogP contribution in [0.15, 0.2) is 0 Å². The van der Waals surface area contributed by atoms with E-state index in [0.29, 0.717) is 0 Å². The van der Waals surface area contributed by atoms with Gasteiger partial charge in [0.2, 0.25) is 0 Å². The van der Waals surface area contributed by atoms with Gasteiger partial charge in [-0.2, -0.15) is 8.78 Å². The van der Waals surface area contributed by atoms with Crippen LogP contribution in [0.25, 0.3) is 0 Å². The van der Waals surface area contributed by atoms with Crippen LogP contribution in [0.3, 0.4) is 0 Å². The first-order valence-electron chi connectivity index (χ1n) is 4.81. The summed E-state index contributed by atoms with van der Waals surface area (Å²) in [6.45, 7) is 4.05. The molecule has 0 bridgehead atoms. The Balaban J connectivity index is 4.15. The normalized spacial score (nSPS) is 13.8. The highest BCUT2D eigenvalue weighted by molar-refractivity contribution is 5.75. The Kier molecular flexibility index (Phi) is 4.36. The molecule has 0 unspecified atom stereocenters. The molecule has 0 rings (SSSR count). The Labute approximate surface area is 92.0 Å². The first kappa shape index (κ1) is 15.2. The second-order valence-corrected chi connectivity index (χ2v) is 4.73. The summed E-state index contributed by atoms with van der Waals surface area (Å²) in [7, 11) is 0. The predicted octanol–water partition coefficient (Wildman–Crippen LogP) is 3.26. The molecule has 0 aromatic rings. The number of ether oxygens (including phenoxy) is 1. The van der Waals surface area contributed by atoms with Crippen molar-refractivity contribution in [2.45, 2.75) is 46.0 Å². The number of esters is 1. The molecule has 16 heavy (non-hydrogen) atoms. The zero-order chi connectivity index (χ0) is 13.2. The van der Waals surface area contributed by atoms with Gasteiger partial charge < -0.3 is 4.74 Å². The zero-order valence-corrected chi connectivity index (χ0v) is 9.74. The van der Waals surface area contributed by atoms with Crippen molar-refractivity contribution >= 4 is 5.97 Å². The van der Waals surface area contributed by atoms with Crippen LogP contribution in [-0.4, -0.2) is 24.4 Å². The third kappa shape index (κ3) is 4.37. The van der Waals surface area contributed by atoms with E-state index in [0.717, 1.165) is 0 Å². The predicted molar refractivity (Wildman–Crippen MR) is 50.6 cm³/mol. The van der Waals surface area contributed by atoms with Crippen LogP contribution in [0.5, 0.6) is 0 Å². The molecule has 6 heteroatoms. The number of carbonyl (C=O) groups excluding carboxylic acids is 1. The average Bonchev–Trinajstić information content (AvgIpc) is 1.99. The first-order chi connectivity index (χ1) is 6.88. The lowest BCUT2D eigenvalue weighted by Crippen LogP contribution is -2.39. The molecular formula is C10H16F4O2. The minimum atomic E-state index is -4.16. The minimum Gasteiger partial charge on any atom is -0.465 e. The van der Waals surface area contributed by atoms with Gasteiger partial charge in [-0.15, -0.1) is 0 Å². The van der Waals surface area contributed by atoms with E-state index in [2.05, 4.69) is 4.74 Å². The van der Waals surface area contributed by atoms with Gasteiger partial charge in [0.1, 0.15) is 0 Å². The lowest BCUT2D eigenvalue weighted by atomic mass is 9.97. The molecule has 0 spiro atoms. The van der Waals surface area contributed by atoms with Crippen LogP contribution in [0, 0.1) is 5.41 Å². The third-order valence-electron chi connectivity index (χ3n) is 1.90. The van der Waals surface area contributed by atoms with E-state index in [9.17, 15) is 22.4 Å². The van der Waals surface area contributed by atoms with Gasteiger partial charge in [-0.25, -0.2) is 8.78 Å². The number of halogens is 4. The summed E-state index contributed by atoms with van der Waals surface area (Å²) in [5.41, 5.74) is -0.829. The number of carbonyl (C=O) groups is 1. The maximum absolute atomic E-state index is 12.7. The molecule has 0 aromatic carbocycles. The summed E-state index contributed by atoms with van der Waals surface area (Å²) in [4.78, 5) is 11.1. The molecule has 96 valence electrons. The number of hydrogen-bond acceptors (Lipinski definition) is 2. The summed E-state index contributed by atoms with van der Waals surface area (Å²) in [6.07, 6.45) is -1.18. The molecule has 0 radical (unpaired) electrons. The minimum absolute atomic E-state index is 0.137. The first-order valence-corrected chi connectivity index (χ1v) is 4.81. The van der Waals surface area contributed by atoms with Crippen molar-refractivity contribution < 1.29 is 27.1 Å². The average molecular weight is 244 g/mol.